The van der Waals surface area contributed by atoms with Gasteiger partial charge in [0.15, 0.2) is 6.61 Å². The molecule has 21 heavy (non-hydrogen) atoms. The van der Waals surface area contributed by atoms with E-state index in [2.05, 4.69) is 5.32 Å². The first-order valence-electron chi connectivity index (χ1n) is 7.85. The third-order valence-corrected chi connectivity index (χ3v) is 4.89. The molecule has 2 aliphatic rings. The van der Waals surface area contributed by atoms with Crippen molar-refractivity contribution in [2.24, 2.45) is 5.41 Å². The summed E-state index contributed by atoms with van der Waals surface area (Å²) in [5.74, 6) is 0.874. The summed E-state index contributed by atoms with van der Waals surface area (Å²) in [6.45, 7) is 6.18. The van der Waals surface area contributed by atoms with E-state index in [1.165, 1.54) is 12.0 Å². The van der Waals surface area contributed by atoms with Crippen molar-refractivity contribution in [1.82, 2.24) is 10.2 Å². The fourth-order valence-electron chi connectivity index (χ4n) is 3.32. The normalized spacial score (nSPS) is 20.7. The fourth-order valence-corrected chi connectivity index (χ4v) is 3.32. The van der Waals surface area contributed by atoms with Crippen LogP contribution in [-0.2, 0) is 4.79 Å². The van der Waals surface area contributed by atoms with Gasteiger partial charge >= 0.3 is 0 Å². The van der Waals surface area contributed by atoms with E-state index < -0.39 is 0 Å². The molecule has 0 saturated carbocycles. The largest absolute Gasteiger partial charge is 0.484 e. The van der Waals surface area contributed by atoms with Crippen LogP contribution < -0.4 is 10.1 Å². The van der Waals surface area contributed by atoms with Crippen LogP contribution in [0.3, 0.4) is 0 Å². The molecule has 0 atom stereocenters. The van der Waals surface area contributed by atoms with Gasteiger partial charge in [-0.3, -0.25) is 4.79 Å². The smallest absolute Gasteiger partial charge is 0.260 e. The zero-order valence-electron chi connectivity index (χ0n) is 12.7. The summed E-state index contributed by atoms with van der Waals surface area (Å²) in [4.78, 5) is 14.2. The number of ether oxygens (including phenoxy) is 1. The topological polar surface area (TPSA) is 41.6 Å². The lowest BCUT2D eigenvalue weighted by molar-refractivity contribution is -0.135. The first-order valence-corrected chi connectivity index (χ1v) is 7.85. The third kappa shape index (κ3) is 3.38. The predicted molar refractivity (Wildman–Crippen MR) is 82.4 cm³/mol. The molecule has 1 aromatic carbocycles. The number of hydrogen-bond acceptors (Lipinski definition) is 3. The lowest BCUT2D eigenvalue weighted by atomic mass is 9.78. The van der Waals surface area contributed by atoms with Crippen molar-refractivity contribution < 1.29 is 9.53 Å². The molecule has 1 amide bonds. The van der Waals surface area contributed by atoms with Crippen LogP contribution in [0.15, 0.2) is 24.3 Å². The molecule has 0 aromatic heterocycles. The third-order valence-electron chi connectivity index (χ3n) is 4.89. The molecule has 2 saturated heterocycles. The molecule has 3 rings (SSSR count). The highest BCUT2D eigenvalue weighted by Gasteiger charge is 2.37. The van der Waals surface area contributed by atoms with Crippen LogP contribution in [0.1, 0.15) is 24.8 Å². The second-order valence-electron chi connectivity index (χ2n) is 6.41. The summed E-state index contributed by atoms with van der Waals surface area (Å²) in [5.41, 5.74) is 1.65. The zero-order valence-corrected chi connectivity index (χ0v) is 12.7. The van der Waals surface area contributed by atoms with Crippen LogP contribution in [0.2, 0.25) is 0 Å². The van der Waals surface area contributed by atoms with Crippen molar-refractivity contribution in [2.75, 3.05) is 32.8 Å². The van der Waals surface area contributed by atoms with Crippen molar-refractivity contribution in [1.29, 1.82) is 0 Å². The summed E-state index contributed by atoms with van der Waals surface area (Å²) in [7, 11) is 0. The van der Waals surface area contributed by atoms with Crippen LogP contribution in [0.4, 0.5) is 0 Å². The van der Waals surface area contributed by atoms with Crippen molar-refractivity contribution >= 4 is 5.91 Å². The Hall–Kier alpha value is -1.55. The molecule has 4 heteroatoms. The van der Waals surface area contributed by atoms with Gasteiger partial charge in [-0.15, -0.1) is 0 Å². The standard InChI is InChI=1S/C17H24N2O2/c1-14-2-4-15(5-3-14)21-12-16(20)19-10-7-17(8-11-19)6-9-18-13-17/h2-5,18H,6-13H2,1H3. The SMILES string of the molecule is Cc1ccc(OCC(=O)N2CCC3(CCNC3)CC2)cc1. The maximum atomic E-state index is 12.2. The van der Waals surface area contributed by atoms with Gasteiger partial charge < -0.3 is 15.0 Å². The minimum absolute atomic E-state index is 0.108. The van der Waals surface area contributed by atoms with Crippen LogP contribution in [0.5, 0.6) is 5.75 Å². The Morgan fingerprint density at radius 1 is 1.24 bits per heavy atom. The summed E-state index contributed by atoms with van der Waals surface area (Å²) < 4.78 is 5.59. The van der Waals surface area contributed by atoms with Crippen LogP contribution in [0, 0.1) is 12.3 Å². The van der Waals surface area contributed by atoms with E-state index >= 15 is 0 Å². The minimum atomic E-state index is 0.108. The Bertz CT molecular complexity index is 482. The second-order valence-corrected chi connectivity index (χ2v) is 6.41. The van der Waals surface area contributed by atoms with E-state index in [1.54, 1.807) is 0 Å². The number of carbonyl (C=O) groups excluding carboxylic acids is 1. The van der Waals surface area contributed by atoms with Gasteiger partial charge in [-0.1, -0.05) is 17.7 Å². The number of piperidine rings is 1. The highest BCUT2D eigenvalue weighted by molar-refractivity contribution is 5.77. The Morgan fingerprint density at radius 2 is 1.95 bits per heavy atom. The van der Waals surface area contributed by atoms with Gasteiger partial charge in [0, 0.05) is 19.6 Å². The Labute approximate surface area is 126 Å². The van der Waals surface area contributed by atoms with Crippen molar-refractivity contribution in [3.8, 4) is 5.75 Å². The maximum absolute atomic E-state index is 12.2. The summed E-state index contributed by atoms with van der Waals surface area (Å²) in [6.07, 6.45) is 3.50. The van der Waals surface area contributed by atoms with Gasteiger partial charge in [-0.05, 0) is 50.3 Å². The monoisotopic (exact) mass is 288 g/mol. The number of rotatable bonds is 3. The molecular weight excluding hydrogens is 264 g/mol. The molecule has 1 N–H and O–H groups in total. The Morgan fingerprint density at radius 3 is 2.57 bits per heavy atom. The molecule has 0 aliphatic carbocycles. The Balaban J connectivity index is 1.47. The number of nitrogens with one attached hydrogen (secondary N) is 1. The van der Waals surface area contributed by atoms with Crippen LogP contribution in [-0.4, -0.2) is 43.6 Å². The first-order chi connectivity index (χ1) is 10.2. The number of nitrogens with zero attached hydrogens (tertiary/aromatic N) is 1. The lowest BCUT2D eigenvalue weighted by Crippen LogP contribution is -2.45. The molecule has 2 fully saturated rings. The number of aryl methyl sites for hydroxylation is 1. The highest BCUT2D eigenvalue weighted by atomic mass is 16.5. The molecule has 114 valence electrons. The van der Waals surface area contributed by atoms with E-state index in [0.29, 0.717) is 5.41 Å². The van der Waals surface area contributed by atoms with Gasteiger partial charge in [0.1, 0.15) is 5.75 Å². The van der Waals surface area contributed by atoms with Crippen molar-refractivity contribution in [3.05, 3.63) is 29.8 Å². The summed E-state index contributed by atoms with van der Waals surface area (Å²) in [5, 5.41) is 3.45. The van der Waals surface area contributed by atoms with Gasteiger partial charge in [0.2, 0.25) is 0 Å². The zero-order chi connectivity index (χ0) is 14.7. The van der Waals surface area contributed by atoms with E-state index in [1.807, 2.05) is 36.1 Å². The van der Waals surface area contributed by atoms with E-state index in [-0.39, 0.29) is 12.5 Å². The summed E-state index contributed by atoms with van der Waals surface area (Å²) in [6, 6.07) is 7.82. The predicted octanol–water partition coefficient (Wildman–Crippen LogP) is 1.98. The minimum Gasteiger partial charge on any atom is -0.484 e. The molecule has 1 aromatic rings. The van der Waals surface area contributed by atoms with Gasteiger partial charge in [-0.25, -0.2) is 0 Å². The number of amides is 1. The number of benzene rings is 1. The summed E-state index contributed by atoms with van der Waals surface area (Å²) >= 11 is 0. The average molecular weight is 288 g/mol. The number of likely N-dealkylation sites (tertiary alicyclic amines) is 1. The molecular formula is C17H24N2O2. The Kier molecular flexibility index (Phi) is 4.15. The molecule has 2 aliphatic heterocycles. The van der Waals surface area contributed by atoms with E-state index in [9.17, 15) is 4.79 Å². The van der Waals surface area contributed by atoms with Crippen LogP contribution >= 0.6 is 0 Å². The quantitative estimate of drug-likeness (QED) is 0.924. The molecule has 0 bridgehead atoms. The van der Waals surface area contributed by atoms with Crippen LogP contribution in [0.25, 0.3) is 0 Å². The fraction of sp³-hybridized carbons (Fsp3) is 0.588. The van der Waals surface area contributed by atoms with Gasteiger partial charge in [0.05, 0.1) is 0 Å². The molecule has 4 nitrogen and oxygen atoms in total. The van der Waals surface area contributed by atoms with Gasteiger partial charge in [-0.2, -0.15) is 0 Å². The molecule has 0 radical (unpaired) electrons. The lowest BCUT2D eigenvalue weighted by Gasteiger charge is -2.38. The molecule has 2 heterocycles. The molecule has 1 spiro atoms. The van der Waals surface area contributed by atoms with E-state index in [4.69, 9.17) is 4.74 Å². The van der Waals surface area contributed by atoms with E-state index in [0.717, 1.165) is 44.8 Å². The first kappa shape index (κ1) is 14.4. The number of hydrogen-bond donors (Lipinski definition) is 1. The van der Waals surface area contributed by atoms with Crippen molar-refractivity contribution in [2.45, 2.75) is 26.2 Å². The molecule has 0 unspecified atom stereocenters. The average Bonchev–Trinajstić information content (AvgIpc) is 2.95. The van der Waals surface area contributed by atoms with Gasteiger partial charge in [0.25, 0.3) is 5.91 Å². The highest BCUT2D eigenvalue weighted by Crippen LogP contribution is 2.36. The number of carbonyl (C=O) groups is 1. The second kappa shape index (κ2) is 6.06. The van der Waals surface area contributed by atoms with Crippen molar-refractivity contribution in [3.63, 3.8) is 0 Å². The maximum Gasteiger partial charge on any atom is 0.260 e.